The second-order valence-electron chi connectivity index (χ2n) is 7.21. The molecule has 0 spiro atoms. The Balaban J connectivity index is 1.55. The highest BCUT2D eigenvalue weighted by Gasteiger charge is 2.33. The third-order valence-corrected chi connectivity index (χ3v) is 4.87. The van der Waals surface area contributed by atoms with Crippen molar-refractivity contribution in [2.45, 2.75) is 13.0 Å². The van der Waals surface area contributed by atoms with E-state index < -0.39 is 23.8 Å². The summed E-state index contributed by atoms with van der Waals surface area (Å²) in [5.41, 5.74) is 0.370. The lowest BCUT2D eigenvalue weighted by Gasteiger charge is -2.15. The second kappa shape index (κ2) is 9.02. The number of halogens is 2. The van der Waals surface area contributed by atoms with E-state index in [2.05, 4.69) is 20.4 Å². The standard InChI is InChI=1S/C21H18F2N6O4/c1-12(30)24-9-16-11-29(21(31)33-16)15-4-17(22)19(18(23)5-15)14-7-25-20(26-8-14)28-3-2-13(10-28)6-27-32/h2-8,10,16,32H,9,11H2,1H3,(H,24,30)/b27-6+/t16-/m0/s1. The van der Waals surface area contributed by atoms with Gasteiger partial charge in [0, 0.05) is 42.8 Å². The van der Waals surface area contributed by atoms with Crippen LogP contribution < -0.4 is 10.2 Å². The van der Waals surface area contributed by atoms with Crippen molar-refractivity contribution >= 4 is 23.9 Å². The molecular formula is C21H18F2N6O4. The van der Waals surface area contributed by atoms with Crippen LogP contribution in [0.1, 0.15) is 12.5 Å². The molecule has 0 radical (unpaired) electrons. The van der Waals surface area contributed by atoms with Gasteiger partial charge in [-0.1, -0.05) is 5.16 Å². The van der Waals surface area contributed by atoms with Crippen LogP contribution in [-0.4, -0.2) is 57.2 Å². The monoisotopic (exact) mass is 456 g/mol. The number of carbonyl (C=O) groups is 2. The van der Waals surface area contributed by atoms with Crippen LogP contribution in [-0.2, 0) is 9.53 Å². The van der Waals surface area contributed by atoms with E-state index in [0.717, 1.165) is 17.0 Å². The largest absolute Gasteiger partial charge is 0.442 e. The molecule has 1 fully saturated rings. The van der Waals surface area contributed by atoms with E-state index in [1.54, 1.807) is 23.0 Å². The number of anilines is 1. The first-order valence-electron chi connectivity index (χ1n) is 9.75. The zero-order chi connectivity index (χ0) is 23.5. The Morgan fingerprint density at radius 2 is 2.03 bits per heavy atom. The number of cyclic esters (lactones) is 1. The van der Waals surface area contributed by atoms with Crippen molar-refractivity contribution in [2.75, 3.05) is 18.0 Å². The first-order chi connectivity index (χ1) is 15.9. The summed E-state index contributed by atoms with van der Waals surface area (Å²) in [6.45, 7) is 1.46. The van der Waals surface area contributed by atoms with Gasteiger partial charge in [-0.05, 0) is 18.2 Å². The van der Waals surface area contributed by atoms with Gasteiger partial charge in [0.25, 0.3) is 0 Å². The van der Waals surface area contributed by atoms with Crippen molar-refractivity contribution in [3.63, 3.8) is 0 Å². The van der Waals surface area contributed by atoms with E-state index in [4.69, 9.17) is 9.94 Å². The predicted octanol–water partition coefficient (Wildman–Crippen LogP) is 2.48. The molecule has 1 aliphatic heterocycles. The molecule has 1 saturated heterocycles. The van der Waals surface area contributed by atoms with Crippen LogP contribution in [0, 0.1) is 11.6 Å². The van der Waals surface area contributed by atoms with Gasteiger partial charge in [0.1, 0.15) is 17.7 Å². The fourth-order valence-electron chi connectivity index (χ4n) is 3.35. The van der Waals surface area contributed by atoms with Crippen LogP contribution in [0.5, 0.6) is 0 Å². The molecule has 1 aliphatic rings. The SMILES string of the molecule is CC(=O)NC[C@H]1CN(c2cc(F)c(-c3cnc(-n4ccc(/C=N/O)c4)nc3)c(F)c2)C(=O)O1. The van der Waals surface area contributed by atoms with Crippen LogP contribution in [0.2, 0.25) is 0 Å². The fraction of sp³-hybridized carbons (Fsp3) is 0.190. The topological polar surface area (TPSA) is 122 Å². The maximum absolute atomic E-state index is 14.9. The van der Waals surface area contributed by atoms with Crippen LogP contribution >= 0.6 is 0 Å². The second-order valence-corrected chi connectivity index (χ2v) is 7.21. The average Bonchev–Trinajstić information content (AvgIpc) is 3.39. The number of hydrogen-bond donors (Lipinski definition) is 2. The number of amides is 2. The molecule has 4 rings (SSSR count). The zero-order valence-electron chi connectivity index (χ0n) is 17.3. The lowest BCUT2D eigenvalue weighted by Crippen LogP contribution is -2.33. The Morgan fingerprint density at radius 3 is 2.67 bits per heavy atom. The molecule has 0 saturated carbocycles. The Labute approximate surface area is 186 Å². The molecule has 0 unspecified atom stereocenters. The number of benzene rings is 1. The Morgan fingerprint density at radius 1 is 1.33 bits per heavy atom. The minimum atomic E-state index is -0.901. The number of nitrogens with one attached hydrogen (secondary N) is 1. The zero-order valence-corrected chi connectivity index (χ0v) is 17.3. The van der Waals surface area contributed by atoms with Gasteiger partial charge >= 0.3 is 6.09 Å². The summed E-state index contributed by atoms with van der Waals surface area (Å²) >= 11 is 0. The van der Waals surface area contributed by atoms with E-state index >= 15 is 0 Å². The van der Waals surface area contributed by atoms with Crippen molar-refractivity contribution in [2.24, 2.45) is 5.16 Å². The van der Waals surface area contributed by atoms with E-state index in [-0.39, 0.29) is 41.8 Å². The van der Waals surface area contributed by atoms with Gasteiger partial charge in [0.05, 0.1) is 30.6 Å². The summed E-state index contributed by atoms with van der Waals surface area (Å²) in [6, 6.07) is 3.72. The van der Waals surface area contributed by atoms with E-state index in [0.29, 0.717) is 5.56 Å². The van der Waals surface area contributed by atoms with Crippen LogP contribution in [0.4, 0.5) is 19.3 Å². The van der Waals surface area contributed by atoms with E-state index in [1.807, 2.05) is 0 Å². The molecule has 3 aromatic rings. The van der Waals surface area contributed by atoms with Gasteiger partial charge in [-0.25, -0.2) is 23.5 Å². The quantitative estimate of drug-likeness (QED) is 0.334. The molecule has 2 aromatic heterocycles. The first kappa shape index (κ1) is 21.9. The maximum Gasteiger partial charge on any atom is 0.414 e. The first-order valence-corrected chi connectivity index (χ1v) is 9.75. The Bertz CT molecular complexity index is 1200. The lowest BCUT2D eigenvalue weighted by molar-refractivity contribution is -0.119. The molecule has 2 amide bonds. The molecule has 33 heavy (non-hydrogen) atoms. The van der Waals surface area contributed by atoms with Gasteiger partial charge in [-0.2, -0.15) is 0 Å². The van der Waals surface area contributed by atoms with Crippen LogP contribution in [0.25, 0.3) is 17.1 Å². The summed E-state index contributed by atoms with van der Waals surface area (Å²) in [7, 11) is 0. The summed E-state index contributed by atoms with van der Waals surface area (Å²) in [6.07, 6.45) is 5.63. The molecular weight excluding hydrogens is 438 g/mol. The molecule has 2 N–H and O–H groups in total. The Kier molecular flexibility index (Phi) is 5.98. The van der Waals surface area contributed by atoms with Gasteiger partial charge in [-0.15, -0.1) is 0 Å². The molecule has 10 nitrogen and oxygen atoms in total. The number of ether oxygens (including phenoxy) is 1. The summed E-state index contributed by atoms with van der Waals surface area (Å²) < 4.78 is 36.4. The number of aromatic nitrogens is 3. The smallest absolute Gasteiger partial charge is 0.414 e. The van der Waals surface area contributed by atoms with Gasteiger partial charge in [0.15, 0.2) is 0 Å². The number of rotatable bonds is 6. The van der Waals surface area contributed by atoms with Gasteiger partial charge in [0.2, 0.25) is 11.9 Å². The highest BCUT2D eigenvalue weighted by Crippen LogP contribution is 2.31. The van der Waals surface area contributed by atoms with Crippen molar-refractivity contribution in [1.82, 2.24) is 19.9 Å². The third kappa shape index (κ3) is 4.63. The van der Waals surface area contributed by atoms with E-state index in [9.17, 15) is 18.4 Å². The van der Waals surface area contributed by atoms with Crippen LogP contribution in [0.3, 0.4) is 0 Å². The number of oxime groups is 1. The minimum Gasteiger partial charge on any atom is -0.442 e. The molecule has 1 aromatic carbocycles. The molecule has 170 valence electrons. The van der Waals surface area contributed by atoms with Gasteiger partial charge < -0.3 is 15.3 Å². The summed E-state index contributed by atoms with van der Waals surface area (Å²) in [5, 5.41) is 14.1. The number of hydrogen-bond acceptors (Lipinski definition) is 7. The van der Waals surface area contributed by atoms with Crippen LogP contribution in [0.15, 0.2) is 48.1 Å². The van der Waals surface area contributed by atoms with Crippen molar-refractivity contribution in [1.29, 1.82) is 0 Å². The summed E-state index contributed by atoms with van der Waals surface area (Å²) in [5.74, 6) is -1.84. The molecule has 3 heterocycles. The Hall–Kier alpha value is -4.35. The molecule has 12 heteroatoms. The maximum atomic E-state index is 14.9. The number of carbonyl (C=O) groups excluding carboxylic acids is 2. The fourth-order valence-corrected chi connectivity index (χ4v) is 3.35. The van der Waals surface area contributed by atoms with Crippen molar-refractivity contribution in [3.8, 4) is 17.1 Å². The molecule has 0 bridgehead atoms. The lowest BCUT2D eigenvalue weighted by atomic mass is 10.1. The average molecular weight is 456 g/mol. The molecule has 0 aliphatic carbocycles. The van der Waals surface area contributed by atoms with Crippen molar-refractivity contribution < 1.29 is 28.3 Å². The highest BCUT2D eigenvalue weighted by atomic mass is 19.1. The van der Waals surface area contributed by atoms with Crippen molar-refractivity contribution in [3.05, 3.63) is 60.2 Å². The highest BCUT2D eigenvalue weighted by molar-refractivity contribution is 5.90. The third-order valence-electron chi connectivity index (χ3n) is 4.87. The predicted molar refractivity (Wildman–Crippen MR) is 112 cm³/mol. The minimum absolute atomic E-state index is 0.00738. The summed E-state index contributed by atoms with van der Waals surface area (Å²) in [4.78, 5) is 32.5. The normalized spacial score (nSPS) is 15.8. The van der Waals surface area contributed by atoms with Gasteiger partial charge in [-0.3, -0.25) is 14.3 Å². The van der Waals surface area contributed by atoms with E-state index in [1.165, 1.54) is 25.5 Å². The number of nitrogens with zero attached hydrogens (tertiary/aromatic N) is 5. The molecule has 1 atom stereocenters.